The van der Waals surface area contributed by atoms with Crippen molar-refractivity contribution in [2.45, 2.75) is 12.3 Å². The highest BCUT2D eigenvalue weighted by Gasteiger charge is 2.41. The Morgan fingerprint density at radius 3 is 2.57 bits per heavy atom. The number of fused-ring (bicyclic) bond motifs is 3. The minimum Gasteiger partial charge on any atom is -0.497 e. The molecular weight excluding hydrogens is 372 g/mol. The largest absolute Gasteiger partial charge is 0.497 e. The van der Waals surface area contributed by atoms with Gasteiger partial charge in [0.25, 0.3) is 0 Å². The number of ether oxygens (including phenoxy) is 3. The van der Waals surface area contributed by atoms with Gasteiger partial charge in [0.1, 0.15) is 5.75 Å². The fourth-order valence-corrected chi connectivity index (χ4v) is 4.42. The van der Waals surface area contributed by atoms with Crippen molar-refractivity contribution in [3.8, 4) is 17.2 Å². The third kappa shape index (κ3) is 2.73. The molecule has 3 heterocycles. The van der Waals surface area contributed by atoms with Crippen LogP contribution in [-0.4, -0.2) is 19.2 Å². The molecule has 1 aromatic heterocycles. The maximum Gasteiger partial charge on any atom is 0.196 e. The predicted molar refractivity (Wildman–Crippen MR) is 109 cm³/mol. The zero-order valence-corrected chi connectivity index (χ0v) is 16.4. The molecule has 2 unspecified atom stereocenters. The van der Waals surface area contributed by atoms with Crippen molar-refractivity contribution in [2.75, 3.05) is 14.2 Å². The van der Waals surface area contributed by atoms with Crippen LogP contribution in [0.5, 0.6) is 17.2 Å². The monoisotopic (exact) mass is 392 g/mol. The normalized spacial score (nSPS) is 20.4. The minimum absolute atomic E-state index is 0.0445. The SMILES string of the molecule is COc1ccc(C2Oc3c(OC)cccc3C3C=C(c4cccs4)NN32)cc1. The summed E-state index contributed by atoms with van der Waals surface area (Å²) in [4.78, 5) is 1.20. The van der Waals surface area contributed by atoms with Crippen LogP contribution in [0.1, 0.15) is 28.3 Å². The highest BCUT2D eigenvalue weighted by atomic mass is 32.1. The first-order valence-electron chi connectivity index (χ1n) is 9.06. The smallest absolute Gasteiger partial charge is 0.196 e. The van der Waals surface area contributed by atoms with Gasteiger partial charge in [-0.2, -0.15) is 5.01 Å². The fraction of sp³-hybridized carbons (Fsp3) is 0.182. The molecule has 1 N–H and O–H groups in total. The Bertz CT molecular complexity index is 1010. The molecule has 3 aromatic rings. The van der Waals surface area contributed by atoms with E-state index in [1.54, 1.807) is 25.6 Å². The number of nitrogens with zero attached hydrogens (tertiary/aromatic N) is 1. The molecule has 0 saturated heterocycles. The number of hydrogen-bond donors (Lipinski definition) is 1. The summed E-state index contributed by atoms with van der Waals surface area (Å²) in [7, 11) is 3.34. The molecule has 0 saturated carbocycles. The van der Waals surface area contributed by atoms with E-state index < -0.39 is 0 Å². The second-order valence-corrected chi connectivity index (χ2v) is 7.59. The van der Waals surface area contributed by atoms with Gasteiger partial charge in [0.05, 0.1) is 30.8 Å². The number of nitrogens with one attached hydrogen (secondary N) is 1. The van der Waals surface area contributed by atoms with Crippen LogP contribution in [0.4, 0.5) is 0 Å². The lowest BCUT2D eigenvalue weighted by molar-refractivity contribution is -0.0342. The summed E-state index contributed by atoms with van der Waals surface area (Å²) in [5.74, 6) is 2.35. The molecule has 2 atom stereocenters. The van der Waals surface area contributed by atoms with Crippen molar-refractivity contribution in [3.05, 3.63) is 82.1 Å². The van der Waals surface area contributed by atoms with Gasteiger partial charge in [0.15, 0.2) is 17.7 Å². The van der Waals surface area contributed by atoms with Gasteiger partial charge in [-0.3, -0.25) is 0 Å². The molecule has 142 valence electrons. The Labute approximate surface area is 167 Å². The maximum atomic E-state index is 6.46. The van der Waals surface area contributed by atoms with E-state index in [1.165, 1.54) is 4.88 Å². The van der Waals surface area contributed by atoms with E-state index in [4.69, 9.17) is 14.2 Å². The van der Waals surface area contributed by atoms with E-state index >= 15 is 0 Å². The van der Waals surface area contributed by atoms with Crippen molar-refractivity contribution in [1.29, 1.82) is 0 Å². The highest BCUT2D eigenvalue weighted by molar-refractivity contribution is 7.11. The van der Waals surface area contributed by atoms with Crippen LogP contribution in [0, 0.1) is 0 Å². The number of thiophene rings is 1. The van der Waals surface area contributed by atoms with Gasteiger partial charge in [-0.15, -0.1) is 11.3 Å². The summed E-state index contributed by atoms with van der Waals surface area (Å²) in [5.41, 5.74) is 6.78. The third-order valence-electron chi connectivity index (χ3n) is 5.09. The first kappa shape index (κ1) is 17.2. The Morgan fingerprint density at radius 1 is 1.00 bits per heavy atom. The lowest BCUT2D eigenvalue weighted by atomic mass is 10.0. The number of para-hydroxylation sites is 1. The summed E-state index contributed by atoms with van der Waals surface area (Å²) in [6.45, 7) is 0. The number of hydrogen-bond acceptors (Lipinski definition) is 6. The molecule has 2 aliphatic rings. The lowest BCUT2D eigenvalue weighted by Crippen LogP contribution is -2.43. The molecule has 5 nitrogen and oxygen atoms in total. The number of benzene rings is 2. The predicted octanol–water partition coefficient (Wildman–Crippen LogP) is 4.76. The molecule has 2 aromatic carbocycles. The van der Waals surface area contributed by atoms with E-state index in [0.717, 1.165) is 34.1 Å². The van der Waals surface area contributed by atoms with Crippen LogP contribution < -0.4 is 19.6 Å². The van der Waals surface area contributed by atoms with E-state index in [2.05, 4.69) is 40.1 Å². The Hall–Kier alpha value is -2.96. The van der Waals surface area contributed by atoms with E-state index in [-0.39, 0.29) is 12.3 Å². The Kier molecular flexibility index (Phi) is 4.22. The van der Waals surface area contributed by atoms with E-state index in [1.807, 2.05) is 36.4 Å². The first-order valence-corrected chi connectivity index (χ1v) is 9.94. The highest BCUT2D eigenvalue weighted by Crippen LogP contribution is 2.49. The van der Waals surface area contributed by atoms with Gasteiger partial charge in [-0.1, -0.05) is 30.3 Å². The average molecular weight is 392 g/mol. The number of rotatable bonds is 4. The Balaban J connectivity index is 1.60. The summed E-state index contributed by atoms with van der Waals surface area (Å²) in [5, 5.41) is 4.24. The fourth-order valence-electron chi connectivity index (χ4n) is 3.72. The number of methoxy groups -OCH3 is 2. The van der Waals surface area contributed by atoms with Crippen molar-refractivity contribution < 1.29 is 14.2 Å². The van der Waals surface area contributed by atoms with Crippen molar-refractivity contribution in [2.24, 2.45) is 0 Å². The molecular formula is C22H20N2O3S. The summed E-state index contributed by atoms with van der Waals surface area (Å²) in [6, 6.07) is 18.2. The standard InChI is InChI=1S/C22H20N2O3S/c1-25-15-10-8-14(9-11-15)22-24-18(13-17(23-24)20-7-4-12-28-20)16-5-3-6-19(26-2)21(16)27-22/h3-13,18,22-23H,1-2H3. The van der Waals surface area contributed by atoms with Gasteiger partial charge in [-0.05, 0) is 35.7 Å². The van der Waals surface area contributed by atoms with Crippen LogP contribution in [-0.2, 0) is 0 Å². The Morgan fingerprint density at radius 2 is 1.86 bits per heavy atom. The van der Waals surface area contributed by atoms with Crippen LogP contribution in [0.2, 0.25) is 0 Å². The van der Waals surface area contributed by atoms with Crippen LogP contribution >= 0.6 is 11.3 Å². The molecule has 0 radical (unpaired) electrons. The van der Waals surface area contributed by atoms with Gasteiger partial charge in [0, 0.05) is 11.1 Å². The van der Waals surface area contributed by atoms with Crippen molar-refractivity contribution in [1.82, 2.24) is 10.4 Å². The lowest BCUT2D eigenvalue weighted by Gasteiger charge is -2.39. The van der Waals surface area contributed by atoms with Gasteiger partial charge < -0.3 is 19.6 Å². The molecule has 2 aliphatic heterocycles. The summed E-state index contributed by atoms with van der Waals surface area (Å²) in [6.07, 6.45) is 1.96. The molecule has 0 aliphatic carbocycles. The van der Waals surface area contributed by atoms with E-state index in [0.29, 0.717) is 0 Å². The molecule has 0 fully saturated rings. The summed E-state index contributed by atoms with van der Waals surface area (Å²) < 4.78 is 17.3. The topological polar surface area (TPSA) is 43.0 Å². The second-order valence-electron chi connectivity index (χ2n) is 6.64. The minimum atomic E-state index is -0.298. The molecule has 0 bridgehead atoms. The maximum absolute atomic E-state index is 6.46. The van der Waals surface area contributed by atoms with Gasteiger partial charge in [-0.25, -0.2) is 0 Å². The zero-order valence-electron chi connectivity index (χ0n) is 15.6. The van der Waals surface area contributed by atoms with Crippen molar-refractivity contribution in [3.63, 3.8) is 0 Å². The molecule has 5 rings (SSSR count). The van der Waals surface area contributed by atoms with E-state index in [9.17, 15) is 0 Å². The molecule has 0 spiro atoms. The number of hydrazine groups is 1. The van der Waals surface area contributed by atoms with Crippen LogP contribution in [0.15, 0.2) is 66.1 Å². The molecule has 6 heteroatoms. The van der Waals surface area contributed by atoms with Gasteiger partial charge in [0.2, 0.25) is 0 Å². The van der Waals surface area contributed by atoms with Gasteiger partial charge >= 0.3 is 0 Å². The van der Waals surface area contributed by atoms with Crippen LogP contribution in [0.25, 0.3) is 5.70 Å². The molecule has 28 heavy (non-hydrogen) atoms. The molecule has 0 amide bonds. The van der Waals surface area contributed by atoms with Crippen molar-refractivity contribution >= 4 is 17.0 Å². The average Bonchev–Trinajstić information content (AvgIpc) is 3.42. The second kappa shape index (κ2) is 6.89. The third-order valence-corrected chi connectivity index (χ3v) is 5.99. The first-order chi connectivity index (χ1) is 13.8. The van der Waals surface area contributed by atoms with Crippen LogP contribution in [0.3, 0.4) is 0 Å². The quantitative estimate of drug-likeness (QED) is 0.694. The zero-order chi connectivity index (χ0) is 19.1. The summed E-state index contributed by atoms with van der Waals surface area (Å²) >= 11 is 1.72.